The molecule has 1 atom stereocenters. The van der Waals surface area contributed by atoms with Gasteiger partial charge in [0.05, 0.1) is 0 Å². The average Bonchev–Trinajstić information content (AvgIpc) is 2.27. The van der Waals surface area contributed by atoms with Crippen LogP contribution in [-0.2, 0) is 0 Å². The Kier molecular flexibility index (Phi) is 3.62. The van der Waals surface area contributed by atoms with Crippen molar-refractivity contribution in [2.75, 3.05) is 6.54 Å². The zero-order chi connectivity index (χ0) is 12.4. The van der Waals surface area contributed by atoms with Gasteiger partial charge < -0.3 is 4.90 Å². The smallest absolute Gasteiger partial charge is 0.272 e. The SMILES string of the molecule is Cc1nc(Cl)cc(C(=O)N2CCCCC2C)n1. The third-order valence-electron chi connectivity index (χ3n) is 3.09. The maximum Gasteiger partial charge on any atom is 0.272 e. The Hall–Kier alpha value is -1.16. The van der Waals surface area contributed by atoms with Crippen molar-refractivity contribution in [2.24, 2.45) is 0 Å². The van der Waals surface area contributed by atoms with Crippen molar-refractivity contribution < 1.29 is 4.79 Å². The molecule has 92 valence electrons. The molecule has 1 amide bonds. The van der Waals surface area contributed by atoms with Crippen LogP contribution in [0.2, 0.25) is 5.15 Å². The Labute approximate surface area is 106 Å². The van der Waals surface area contributed by atoms with Crippen LogP contribution >= 0.6 is 11.6 Å². The van der Waals surface area contributed by atoms with Gasteiger partial charge >= 0.3 is 0 Å². The molecule has 1 fully saturated rings. The van der Waals surface area contributed by atoms with Crippen LogP contribution in [0.3, 0.4) is 0 Å². The number of likely N-dealkylation sites (tertiary alicyclic amines) is 1. The van der Waals surface area contributed by atoms with Gasteiger partial charge in [-0.15, -0.1) is 0 Å². The zero-order valence-electron chi connectivity index (χ0n) is 10.1. The monoisotopic (exact) mass is 253 g/mol. The third kappa shape index (κ3) is 2.75. The van der Waals surface area contributed by atoms with Crippen molar-refractivity contribution in [3.05, 3.63) is 22.7 Å². The van der Waals surface area contributed by atoms with Gasteiger partial charge in [-0.3, -0.25) is 4.79 Å². The Morgan fingerprint density at radius 2 is 2.24 bits per heavy atom. The molecule has 0 aliphatic carbocycles. The lowest BCUT2D eigenvalue weighted by Crippen LogP contribution is -2.42. The number of carbonyl (C=O) groups is 1. The Morgan fingerprint density at radius 1 is 1.47 bits per heavy atom. The number of amides is 1. The van der Waals surface area contributed by atoms with Crippen molar-refractivity contribution in [3.63, 3.8) is 0 Å². The highest BCUT2D eigenvalue weighted by molar-refractivity contribution is 6.29. The number of carbonyl (C=O) groups excluding carboxylic acids is 1. The van der Waals surface area contributed by atoms with Crippen LogP contribution in [0.25, 0.3) is 0 Å². The summed E-state index contributed by atoms with van der Waals surface area (Å²) in [5, 5.41) is 0.325. The van der Waals surface area contributed by atoms with Crippen LogP contribution in [0, 0.1) is 6.92 Å². The van der Waals surface area contributed by atoms with Gasteiger partial charge in [0.15, 0.2) is 0 Å². The summed E-state index contributed by atoms with van der Waals surface area (Å²) in [7, 11) is 0. The molecule has 0 spiro atoms. The van der Waals surface area contributed by atoms with Crippen molar-refractivity contribution in [3.8, 4) is 0 Å². The van der Waals surface area contributed by atoms with Crippen molar-refractivity contribution >= 4 is 17.5 Å². The summed E-state index contributed by atoms with van der Waals surface area (Å²) in [6.07, 6.45) is 3.31. The zero-order valence-corrected chi connectivity index (χ0v) is 10.9. The fraction of sp³-hybridized carbons (Fsp3) is 0.583. The molecule has 1 aromatic heterocycles. The maximum absolute atomic E-state index is 12.3. The topological polar surface area (TPSA) is 46.1 Å². The van der Waals surface area contributed by atoms with Crippen LogP contribution < -0.4 is 0 Å². The molecule has 4 nitrogen and oxygen atoms in total. The molecule has 1 saturated heterocycles. The molecule has 1 unspecified atom stereocenters. The van der Waals surface area contributed by atoms with E-state index >= 15 is 0 Å². The molecule has 1 aliphatic rings. The molecule has 0 radical (unpaired) electrons. The molecule has 1 aromatic rings. The standard InChI is InChI=1S/C12H16ClN3O/c1-8-5-3-4-6-16(8)12(17)10-7-11(13)15-9(2)14-10/h7-8H,3-6H2,1-2H3. The summed E-state index contributed by atoms with van der Waals surface area (Å²) in [6.45, 7) is 4.62. The second-order valence-corrected chi connectivity index (χ2v) is 4.85. The summed E-state index contributed by atoms with van der Waals surface area (Å²) in [5.41, 5.74) is 0.399. The summed E-state index contributed by atoms with van der Waals surface area (Å²) >= 11 is 5.85. The lowest BCUT2D eigenvalue weighted by atomic mass is 10.0. The van der Waals surface area contributed by atoms with Crippen LogP contribution in [0.1, 0.15) is 42.5 Å². The molecule has 0 N–H and O–H groups in total. The largest absolute Gasteiger partial charge is 0.335 e. The number of hydrogen-bond donors (Lipinski definition) is 0. The Balaban J connectivity index is 2.23. The minimum atomic E-state index is -0.0374. The fourth-order valence-corrected chi connectivity index (χ4v) is 2.41. The number of halogens is 1. The van der Waals surface area contributed by atoms with Crippen LogP contribution in [0.15, 0.2) is 6.07 Å². The summed E-state index contributed by atoms with van der Waals surface area (Å²) in [5.74, 6) is 0.495. The van der Waals surface area contributed by atoms with Gasteiger partial charge in [-0.05, 0) is 33.1 Å². The number of hydrogen-bond acceptors (Lipinski definition) is 3. The lowest BCUT2D eigenvalue weighted by molar-refractivity contribution is 0.0629. The highest BCUT2D eigenvalue weighted by atomic mass is 35.5. The average molecular weight is 254 g/mol. The third-order valence-corrected chi connectivity index (χ3v) is 3.28. The van der Waals surface area contributed by atoms with Crippen molar-refractivity contribution in [1.82, 2.24) is 14.9 Å². The predicted molar refractivity (Wildman–Crippen MR) is 66.1 cm³/mol. The Morgan fingerprint density at radius 3 is 2.88 bits per heavy atom. The van der Waals surface area contributed by atoms with E-state index in [2.05, 4.69) is 16.9 Å². The van der Waals surface area contributed by atoms with E-state index in [0.717, 1.165) is 19.4 Å². The van der Waals surface area contributed by atoms with E-state index in [9.17, 15) is 4.79 Å². The molecular weight excluding hydrogens is 238 g/mol. The van der Waals surface area contributed by atoms with Gasteiger partial charge in [-0.25, -0.2) is 9.97 Å². The van der Waals surface area contributed by atoms with Gasteiger partial charge in [-0.1, -0.05) is 11.6 Å². The lowest BCUT2D eigenvalue weighted by Gasteiger charge is -2.33. The van der Waals surface area contributed by atoms with E-state index in [1.165, 1.54) is 12.5 Å². The number of aromatic nitrogens is 2. The molecule has 0 aromatic carbocycles. The number of aryl methyl sites for hydroxylation is 1. The minimum absolute atomic E-state index is 0.0374. The molecular formula is C12H16ClN3O. The molecule has 2 rings (SSSR count). The normalized spacial score (nSPS) is 20.4. The molecule has 2 heterocycles. The number of piperidine rings is 1. The second kappa shape index (κ2) is 5.00. The molecule has 0 saturated carbocycles. The van der Waals surface area contributed by atoms with E-state index in [-0.39, 0.29) is 11.9 Å². The Bertz CT molecular complexity index is 416. The maximum atomic E-state index is 12.3. The first-order valence-electron chi connectivity index (χ1n) is 5.90. The highest BCUT2D eigenvalue weighted by Gasteiger charge is 2.25. The first kappa shape index (κ1) is 12.3. The van der Waals surface area contributed by atoms with E-state index < -0.39 is 0 Å². The quantitative estimate of drug-likeness (QED) is 0.723. The van der Waals surface area contributed by atoms with E-state index in [4.69, 9.17) is 11.6 Å². The van der Waals surface area contributed by atoms with Crippen molar-refractivity contribution in [1.29, 1.82) is 0 Å². The predicted octanol–water partition coefficient (Wildman–Crippen LogP) is 2.45. The van der Waals surface area contributed by atoms with Crippen molar-refractivity contribution in [2.45, 2.75) is 39.2 Å². The van der Waals surface area contributed by atoms with Gasteiger partial charge in [0, 0.05) is 18.7 Å². The fourth-order valence-electron chi connectivity index (χ4n) is 2.19. The molecule has 0 bridgehead atoms. The second-order valence-electron chi connectivity index (χ2n) is 4.47. The number of rotatable bonds is 1. The highest BCUT2D eigenvalue weighted by Crippen LogP contribution is 2.19. The summed E-state index contributed by atoms with van der Waals surface area (Å²) < 4.78 is 0. The van der Waals surface area contributed by atoms with E-state index in [0.29, 0.717) is 16.7 Å². The number of nitrogens with zero attached hydrogens (tertiary/aromatic N) is 3. The van der Waals surface area contributed by atoms with Gasteiger partial charge in [0.1, 0.15) is 16.7 Å². The van der Waals surface area contributed by atoms with Gasteiger partial charge in [0.25, 0.3) is 5.91 Å². The molecule has 17 heavy (non-hydrogen) atoms. The summed E-state index contributed by atoms with van der Waals surface area (Å²) in [4.78, 5) is 22.3. The van der Waals surface area contributed by atoms with Gasteiger partial charge in [0.2, 0.25) is 0 Å². The van der Waals surface area contributed by atoms with E-state index in [1.807, 2.05) is 4.90 Å². The van der Waals surface area contributed by atoms with E-state index in [1.54, 1.807) is 6.92 Å². The van der Waals surface area contributed by atoms with Crippen LogP contribution in [0.4, 0.5) is 0 Å². The van der Waals surface area contributed by atoms with Crippen LogP contribution in [0.5, 0.6) is 0 Å². The molecule has 1 aliphatic heterocycles. The van der Waals surface area contributed by atoms with Crippen LogP contribution in [-0.4, -0.2) is 33.4 Å². The van der Waals surface area contributed by atoms with Gasteiger partial charge in [-0.2, -0.15) is 0 Å². The first-order valence-corrected chi connectivity index (χ1v) is 6.28. The molecule has 5 heteroatoms. The first-order chi connectivity index (χ1) is 8.08. The summed E-state index contributed by atoms with van der Waals surface area (Å²) in [6, 6.07) is 1.82. The minimum Gasteiger partial charge on any atom is -0.335 e.